The molecule has 3 aromatic heterocycles. The summed E-state index contributed by atoms with van der Waals surface area (Å²) in [6.07, 6.45) is 4.75. The number of halogens is 1. The van der Waals surface area contributed by atoms with Gasteiger partial charge in [-0.05, 0) is 19.1 Å². The molecule has 4 rings (SSSR count). The average molecular weight is 376 g/mol. The van der Waals surface area contributed by atoms with E-state index in [4.69, 9.17) is 11.6 Å². The Morgan fingerprint density at radius 3 is 2.75 bits per heavy atom. The van der Waals surface area contributed by atoms with Gasteiger partial charge in [0.25, 0.3) is 0 Å². The SMILES string of the molecule is Cc1cnc(CCNc2nn3cc(-c4ccc(Cl)cc4)nc3s2)s1. The van der Waals surface area contributed by atoms with Crippen molar-refractivity contribution in [3.05, 3.63) is 51.6 Å². The van der Waals surface area contributed by atoms with E-state index in [9.17, 15) is 0 Å². The van der Waals surface area contributed by atoms with Crippen LogP contribution in [0.1, 0.15) is 9.88 Å². The van der Waals surface area contributed by atoms with Crippen molar-refractivity contribution in [2.45, 2.75) is 13.3 Å². The van der Waals surface area contributed by atoms with E-state index < -0.39 is 0 Å². The van der Waals surface area contributed by atoms with Gasteiger partial charge in [0.15, 0.2) is 0 Å². The number of imidazole rings is 1. The van der Waals surface area contributed by atoms with Crippen molar-refractivity contribution in [1.82, 2.24) is 19.6 Å². The van der Waals surface area contributed by atoms with Gasteiger partial charge in [-0.3, -0.25) is 0 Å². The Bertz CT molecular complexity index is 939. The number of nitrogens with one attached hydrogen (secondary N) is 1. The molecule has 3 heterocycles. The Balaban J connectivity index is 1.44. The lowest BCUT2D eigenvalue weighted by molar-refractivity contribution is 0.943. The van der Waals surface area contributed by atoms with Crippen LogP contribution in [0.3, 0.4) is 0 Å². The van der Waals surface area contributed by atoms with Crippen molar-refractivity contribution >= 4 is 44.4 Å². The number of hydrogen-bond donors (Lipinski definition) is 1. The van der Waals surface area contributed by atoms with E-state index in [2.05, 4.69) is 27.3 Å². The number of fused-ring (bicyclic) bond motifs is 1. The van der Waals surface area contributed by atoms with Crippen molar-refractivity contribution in [1.29, 1.82) is 0 Å². The maximum atomic E-state index is 5.92. The molecular weight excluding hydrogens is 362 g/mol. The molecular formula is C16H14ClN5S2. The maximum Gasteiger partial charge on any atom is 0.214 e. The molecule has 0 radical (unpaired) electrons. The quantitative estimate of drug-likeness (QED) is 0.556. The molecule has 0 aliphatic rings. The highest BCUT2D eigenvalue weighted by Crippen LogP contribution is 2.25. The minimum absolute atomic E-state index is 0.722. The van der Waals surface area contributed by atoms with Crippen molar-refractivity contribution in [3.63, 3.8) is 0 Å². The van der Waals surface area contributed by atoms with Crippen LogP contribution in [0.25, 0.3) is 16.2 Å². The first-order valence-corrected chi connectivity index (χ1v) is 9.46. The van der Waals surface area contributed by atoms with Crippen molar-refractivity contribution < 1.29 is 0 Å². The maximum absolute atomic E-state index is 5.92. The molecule has 0 fully saturated rings. The molecule has 4 aromatic rings. The Morgan fingerprint density at radius 1 is 1.21 bits per heavy atom. The van der Waals surface area contributed by atoms with E-state index in [1.54, 1.807) is 22.7 Å². The highest BCUT2D eigenvalue weighted by molar-refractivity contribution is 7.20. The highest BCUT2D eigenvalue weighted by atomic mass is 35.5. The zero-order valence-corrected chi connectivity index (χ0v) is 15.3. The number of benzene rings is 1. The predicted octanol–water partition coefficient (Wildman–Crippen LogP) is 4.53. The van der Waals surface area contributed by atoms with Gasteiger partial charge in [-0.2, -0.15) is 0 Å². The van der Waals surface area contributed by atoms with Crippen LogP contribution in [-0.2, 0) is 6.42 Å². The molecule has 0 aliphatic carbocycles. The van der Waals surface area contributed by atoms with Crippen molar-refractivity contribution in [2.75, 3.05) is 11.9 Å². The van der Waals surface area contributed by atoms with Gasteiger partial charge in [-0.15, -0.1) is 16.4 Å². The highest BCUT2D eigenvalue weighted by Gasteiger charge is 2.09. The summed E-state index contributed by atoms with van der Waals surface area (Å²) in [6.45, 7) is 2.89. The largest absolute Gasteiger partial charge is 0.360 e. The summed E-state index contributed by atoms with van der Waals surface area (Å²) >= 11 is 9.20. The predicted molar refractivity (Wildman–Crippen MR) is 100 cm³/mol. The minimum atomic E-state index is 0.722. The summed E-state index contributed by atoms with van der Waals surface area (Å²) < 4.78 is 1.81. The standard InChI is InChI=1S/C16H14ClN5S2/c1-10-8-19-14(23-10)6-7-18-15-21-22-9-13(20-16(22)24-15)11-2-4-12(17)5-3-11/h2-5,8-9H,6-7H2,1H3,(H,18,21). The fourth-order valence-corrected chi connectivity index (χ4v) is 4.04. The fraction of sp³-hybridized carbons (Fsp3) is 0.188. The van der Waals surface area contributed by atoms with Gasteiger partial charge in [0.2, 0.25) is 10.1 Å². The first-order valence-electron chi connectivity index (χ1n) is 7.45. The van der Waals surface area contributed by atoms with Crippen LogP contribution in [0.5, 0.6) is 0 Å². The van der Waals surface area contributed by atoms with Gasteiger partial charge in [0, 0.05) is 34.6 Å². The molecule has 0 bridgehead atoms. The second-order valence-electron chi connectivity index (χ2n) is 5.31. The van der Waals surface area contributed by atoms with E-state index in [0.717, 1.165) is 44.3 Å². The molecule has 24 heavy (non-hydrogen) atoms. The zero-order valence-electron chi connectivity index (χ0n) is 12.9. The van der Waals surface area contributed by atoms with Crippen LogP contribution < -0.4 is 5.32 Å². The molecule has 0 spiro atoms. The van der Waals surface area contributed by atoms with Crippen LogP contribution in [0.2, 0.25) is 5.02 Å². The lowest BCUT2D eigenvalue weighted by Gasteiger charge is -1.99. The van der Waals surface area contributed by atoms with Crippen LogP contribution in [0, 0.1) is 6.92 Å². The number of aryl methyl sites for hydroxylation is 1. The molecule has 0 aliphatic heterocycles. The first-order chi connectivity index (χ1) is 11.7. The minimum Gasteiger partial charge on any atom is -0.360 e. The third-order valence-electron chi connectivity index (χ3n) is 3.47. The van der Waals surface area contributed by atoms with Crippen molar-refractivity contribution in [2.24, 2.45) is 0 Å². The zero-order chi connectivity index (χ0) is 16.5. The Labute approximate surface area is 152 Å². The molecule has 1 aromatic carbocycles. The van der Waals surface area contributed by atoms with Gasteiger partial charge >= 0.3 is 0 Å². The molecule has 0 saturated heterocycles. The molecule has 8 heteroatoms. The van der Waals surface area contributed by atoms with E-state index in [0.29, 0.717) is 0 Å². The summed E-state index contributed by atoms with van der Waals surface area (Å²) in [4.78, 5) is 11.1. The van der Waals surface area contributed by atoms with Crippen LogP contribution in [-0.4, -0.2) is 26.1 Å². The average Bonchev–Trinajstić information content (AvgIpc) is 3.23. The molecule has 0 atom stereocenters. The third-order valence-corrected chi connectivity index (χ3v) is 5.57. The van der Waals surface area contributed by atoms with Crippen molar-refractivity contribution in [3.8, 4) is 11.3 Å². The molecule has 122 valence electrons. The number of aromatic nitrogens is 4. The number of anilines is 1. The Kier molecular flexibility index (Phi) is 4.22. The van der Waals surface area contributed by atoms with Gasteiger partial charge in [-0.25, -0.2) is 14.5 Å². The van der Waals surface area contributed by atoms with Crippen LogP contribution >= 0.6 is 34.3 Å². The monoisotopic (exact) mass is 375 g/mol. The summed E-state index contributed by atoms with van der Waals surface area (Å²) in [5, 5.41) is 10.6. The summed E-state index contributed by atoms with van der Waals surface area (Å²) in [5.41, 5.74) is 1.93. The van der Waals surface area contributed by atoms with E-state index in [1.807, 2.05) is 41.2 Å². The molecule has 0 saturated carbocycles. The number of nitrogens with zero attached hydrogens (tertiary/aromatic N) is 4. The number of thiazole rings is 1. The first kappa shape index (κ1) is 15.6. The third kappa shape index (κ3) is 3.28. The fourth-order valence-electron chi connectivity index (χ4n) is 2.32. The normalized spacial score (nSPS) is 11.2. The van der Waals surface area contributed by atoms with Gasteiger partial charge < -0.3 is 5.32 Å². The topological polar surface area (TPSA) is 55.1 Å². The molecule has 0 unspecified atom stereocenters. The number of rotatable bonds is 5. The second-order valence-corrected chi connectivity index (χ2v) is 8.02. The lowest BCUT2D eigenvalue weighted by atomic mass is 10.2. The van der Waals surface area contributed by atoms with Gasteiger partial charge in [0.1, 0.15) is 0 Å². The molecule has 0 amide bonds. The lowest BCUT2D eigenvalue weighted by Crippen LogP contribution is -2.04. The Morgan fingerprint density at radius 2 is 2.04 bits per heavy atom. The molecule has 1 N–H and O–H groups in total. The van der Waals surface area contributed by atoms with Gasteiger partial charge in [-0.1, -0.05) is 35.1 Å². The summed E-state index contributed by atoms with van der Waals surface area (Å²) in [7, 11) is 0. The van der Waals surface area contributed by atoms with Gasteiger partial charge in [0.05, 0.1) is 16.9 Å². The van der Waals surface area contributed by atoms with Crippen LogP contribution in [0.4, 0.5) is 5.13 Å². The van der Waals surface area contributed by atoms with Crippen LogP contribution in [0.15, 0.2) is 36.7 Å². The number of hydrogen-bond acceptors (Lipinski definition) is 6. The second kappa shape index (κ2) is 6.51. The molecule has 5 nitrogen and oxygen atoms in total. The smallest absolute Gasteiger partial charge is 0.214 e. The van der Waals surface area contributed by atoms with E-state index in [1.165, 1.54) is 4.88 Å². The Hall–Kier alpha value is -1.96. The van der Waals surface area contributed by atoms with E-state index in [-0.39, 0.29) is 0 Å². The summed E-state index contributed by atoms with van der Waals surface area (Å²) in [6, 6.07) is 7.66. The van der Waals surface area contributed by atoms with E-state index >= 15 is 0 Å². The summed E-state index contributed by atoms with van der Waals surface area (Å²) in [5.74, 6) is 0.